The molecule has 0 spiro atoms. The van der Waals surface area contributed by atoms with E-state index in [1.165, 1.54) is 5.56 Å². The lowest BCUT2D eigenvalue weighted by Gasteiger charge is -2.07. The highest BCUT2D eigenvalue weighted by Gasteiger charge is 2.25. The fraction of sp³-hybridized carbons (Fsp3) is 0.438. The highest BCUT2D eigenvalue weighted by molar-refractivity contribution is 6.10. The maximum Gasteiger partial charge on any atom is 0.181 e. The van der Waals surface area contributed by atoms with Crippen LogP contribution in [0.1, 0.15) is 35.7 Å². The summed E-state index contributed by atoms with van der Waals surface area (Å²) in [6, 6.07) is 6.37. The molecular weight excluding hydrogens is 236 g/mol. The second-order valence-electron chi connectivity index (χ2n) is 5.36. The van der Waals surface area contributed by atoms with Crippen molar-refractivity contribution in [2.45, 2.75) is 39.3 Å². The minimum atomic E-state index is 0.0106. The van der Waals surface area contributed by atoms with Gasteiger partial charge in [0.1, 0.15) is 0 Å². The van der Waals surface area contributed by atoms with Gasteiger partial charge in [-0.05, 0) is 45.4 Å². The van der Waals surface area contributed by atoms with Crippen LogP contribution in [0.25, 0.3) is 10.9 Å². The first-order valence-electron chi connectivity index (χ1n) is 7.08. The van der Waals surface area contributed by atoms with Crippen molar-refractivity contribution in [1.82, 2.24) is 9.88 Å². The van der Waals surface area contributed by atoms with E-state index in [0.717, 1.165) is 42.4 Å². The number of carbonyl (C=O) groups is 1. The lowest BCUT2D eigenvalue weighted by molar-refractivity contribution is 0.0954. The van der Waals surface area contributed by atoms with Crippen molar-refractivity contribution < 1.29 is 4.79 Å². The van der Waals surface area contributed by atoms with Gasteiger partial charge < -0.3 is 9.88 Å². The van der Waals surface area contributed by atoms with Gasteiger partial charge in [-0.2, -0.15) is 0 Å². The monoisotopic (exact) mass is 256 g/mol. The van der Waals surface area contributed by atoms with E-state index in [4.69, 9.17) is 0 Å². The molecule has 2 heterocycles. The Morgan fingerprint density at radius 2 is 2.32 bits per heavy atom. The van der Waals surface area contributed by atoms with E-state index >= 15 is 0 Å². The molecule has 1 unspecified atom stereocenters. The Morgan fingerprint density at radius 3 is 3.00 bits per heavy atom. The van der Waals surface area contributed by atoms with Gasteiger partial charge in [-0.25, -0.2) is 0 Å². The molecule has 1 N–H and O–H groups in total. The summed E-state index contributed by atoms with van der Waals surface area (Å²) in [6.45, 7) is 6.04. The van der Waals surface area contributed by atoms with Gasteiger partial charge in [0.25, 0.3) is 0 Å². The van der Waals surface area contributed by atoms with Crippen molar-refractivity contribution in [2.24, 2.45) is 0 Å². The molecule has 3 heteroatoms. The zero-order valence-corrected chi connectivity index (χ0v) is 11.6. The second-order valence-corrected chi connectivity index (χ2v) is 5.36. The van der Waals surface area contributed by atoms with Gasteiger partial charge >= 0.3 is 0 Å². The van der Waals surface area contributed by atoms with Gasteiger partial charge in [0, 0.05) is 29.2 Å². The van der Waals surface area contributed by atoms with E-state index in [-0.39, 0.29) is 11.8 Å². The Kier molecular flexibility index (Phi) is 3.15. The van der Waals surface area contributed by atoms with Gasteiger partial charge in [0.2, 0.25) is 0 Å². The van der Waals surface area contributed by atoms with Crippen molar-refractivity contribution >= 4 is 16.7 Å². The van der Waals surface area contributed by atoms with Crippen LogP contribution >= 0.6 is 0 Å². The molecule has 0 bridgehead atoms. The highest BCUT2D eigenvalue weighted by atomic mass is 16.1. The molecule has 1 aliphatic rings. The molecule has 0 amide bonds. The third-order valence-corrected chi connectivity index (χ3v) is 4.02. The topological polar surface area (TPSA) is 34.0 Å². The van der Waals surface area contributed by atoms with Gasteiger partial charge in [-0.3, -0.25) is 4.79 Å². The number of fused-ring (bicyclic) bond motifs is 1. The van der Waals surface area contributed by atoms with Crippen LogP contribution in [0, 0.1) is 6.92 Å². The molecule has 3 nitrogen and oxygen atoms in total. The average Bonchev–Trinajstić information content (AvgIpc) is 3.05. The number of aryl methyl sites for hydroxylation is 2. The number of aromatic nitrogens is 1. The normalized spacial score (nSPS) is 19.2. The molecule has 0 saturated carbocycles. The predicted octanol–water partition coefficient (Wildman–Crippen LogP) is 2.90. The van der Waals surface area contributed by atoms with Gasteiger partial charge in [0.05, 0.1) is 6.04 Å². The standard InChI is InChI=1S/C16H20N2O/c1-3-18-10-13(16(19)14-5-4-8-17-14)12-9-11(2)6-7-15(12)18/h6-7,9-10,14,17H,3-5,8H2,1-2H3. The molecule has 2 aromatic rings. The van der Waals surface area contributed by atoms with Gasteiger partial charge in [0.15, 0.2) is 5.78 Å². The molecule has 1 aromatic carbocycles. The van der Waals surface area contributed by atoms with E-state index in [1.807, 2.05) is 6.20 Å². The van der Waals surface area contributed by atoms with E-state index in [2.05, 4.69) is 41.9 Å². The maximum absolute atomic E-state index is 12.6. The number of nitrogens with one attached hydrogen (secondary N) is 1. The third-order valence-electron chi connectivity index (χ3n) is 4.02. The fourth-order valence-electron chi connectivity index (χ4n) is 2.97. The lowest BCUT2D eigenvalue weighted by atomic mass is 10.0. The van der Waals surface area contributed by atoms with E-state index in [9.17, 15) is 4.79 Å². The van der Waals surface area contributed by atoms with Gasteiger partial charge in [-0.15, -0.1) is 0 Å². The molecule has 1 aromatic heterocycles. The SMILES string of the molecule is CCn1cc(C(=O)C2CCCN2)c2cc(C)ccc21. The molecule has 3 rings (SSSR count). The predicted molar refractivity (Wildman–Crippen MR) is 77.7 cm³/mol. The number of nitrogens with zero attached hydrogens (tertiary/aromatic N) is 1. The Morgan fingerprint density at radius 1 is 1.47 bits per heavy atom. The minimum Gasteiger partial charge on any atom is -0.347 e. The van der Waals surface area contributed by atoms with Crippen molar-refractivity contribution in [1.29, 1.82) is 0 Å². The van der Waals surface area contributed by atoms with Crippen LogP contribution in [-0.4, -0.2) is 22.9 Å². The lowest BCUT2D eigenvalue weighted by Crippen LogP contribution is -2.30. The van der Waals surface area contributed by atoms with Crippen LogP contribution in [-0.2, 0) is 6.54 Å². The molecule has 100 valence electrons. The molecule has 1 fully saturated rings. The minimum absolute atomic E-state index is 0.0106. The summed E-state index contributed by atoms with van der Waals surface area (Å²) >= 11 is 0. The number of ketones is 1. The number of hydrogen-bond acceptors (Lipinski definition) is 2. The van der Waals surface area contributed by atoms with Crippen LogP contribution in [0.4, 0.5) is 0 Å². The third kappa shape index (κ3) is 2.08. The maximum atomic E-state index is 12.6. The van der Waals surface area contributed by atoms with Crippen molar-refractivity contribution in [2.75, 3.05) is 6.54 Å². The van der Waals surface area contributed by atoms with E-state index in [1.54, 1.807) is 0 Å². The van der Waals surface area contributed by atoms with E-state index < -0.39 is 0 Å². The van der Waals surface area contributed by atoms with Crippen LogP contribution < -0.4 is 5.32 Å². The number of benzene rings is 1. The second kappa shape index (κ2) is 4.82. The largest absolute Gasteiger partial charge is 0.347 e. The number of hydrogen-bond donors (Lipinski definition) is 1. The Bertz CT molecular complexity index is 621. The average molecular weight is 256 g/mol. The molecule has 0 radical (unpaired) electrons. The summed E-state index contributed by atoms with van der Waals surface area (Å²) in [7, 11) is 0. The zero-order chi connectivity index (χ0) is 13.4. The van der Waals surface area contributed by atoms with Crippen LogP contribution in [0.3, 0.4) is 0 Å². The first-order chi connectivity index (χ1) is 9.20. The Balaban J connectivity index is 2.11. The fourth-order valence-corrected chi connectivity index (χ4v) is 2.97. The number of Topliss-reactive ketones (excluding diaryl/α,β-unsaturated/α-hetero) is 1. The molecular formula is C16H20N2O. The first-order valence-corrected chi connectivity index (χ1v) is 7.08. The summed E-state index contributed by atoms with van der Waals surface area (Å²) in [5, 5.41) is 4.40. The molecule has 19 heavy (non-hydrogen) atoms. The molecule has 0 aliphatic carbocycles. The van der Waals surface area contributed by atoms with E-state index in [0.29, 0.717) is 0 Å². The quantitative estimate of drug-likeness (QED) is 0.857. The highest BCUT2D eigenvalue weighted by Crippen LogP contribution is 2.25. The Hall–Kier alpha value is -1.61. The first kappa shape index (κ1) is 12.4. The van der Waals surface area contributed by atoms with Gasteiger partial charge in [-0.1, -0.05) is 11.6 Å². The summed E-state index contributed by atoms with van der Waals surface area (Å²) < 4.78 is 2.16. The molecule has 1 aliphatic heterocycles. The van der Waals surface area contributed by atoms with Crippen molar-refractivity contribution in [3.63, 3.8) is 0 Å². The van der Waals surface area contributed by atoms with Crippen LogP contribution in [0.15, 0.2) is 24.4 Å². The molecule has 1 saturated heterocycles. The number of rotatable bonds is 3. The summed E-state index contributed by atoms with van der Waals surface area (Å²) in [4.78, 5) is 12.6. The summed E-state index contributed by atoms with van der Waals surface area (Å²) in [6.07, 6.45) is 4.08. The van der Waals surface area contributed by atoms with Crippen LogP contribution in [0.5, 0.6) is 0 Å². The summed E-state index contributed by atoms with van der Waals surface area (Å²) in [5.41, 5.74) is 3.24. The smallest absolute Gasteiger partial charge is 0.181 e. The summed E-state index contributed by atoms with van der Waals surface area (Å²) in [5.74, 6) is 0.250. The number of carbonyl (C=O) groups excluding carboxylic acids is 1. The van der Waals surface area contributed by atoms with Crippen LogP contribution in [0.2, 0.25) is 0 Å². The van der Waals surface area contributed by atoms with Crippen molar-refractivity contribution in [3.8, 4) is 0 Å². The zero-order valence-electron chi connectivity index (χ0n) is 11.6. The Labute approximate surface area is 113 Å². The molecule has 1 atom stereocenters. The van der Waals surface area contributed by atoms with Crippen molar-refractivity contribution in [3.05, 3.63) is 35.5 Å².